The normalized spacial score (nSPS) is 14.9. The number of nitrogens with zero attached hydrogens (tertiary/aromatic N) is 1. The number of halogens is 3. The molecule has 9 heteroatoms. The van der Waals surface area contributed by atoms with Crippen molar-refractivity contribution in [3.05, 3.63) is 99.0 Å². The highest BCUT2D eigenvalue weighted by molar-refractivity contribution is 6.44. The molecule has 2 N–H and O–H groups in total. The van der Waals surface area contributed by atoms with Crippen LogP contribution in [0.5, 0.6) is 0 Å². The monoisotopic (exact) mass is 487 g/mol. The molecule has 6 nitrogen and oxygen atoms in total. The van der Waals surface area contributed by atoms with E-state index in [1.165, 1.54) is 12.1 Å². The van der Waals surface area contributed by atoms with E-state index >= 15 is 0 Å². The molecular weight excluding hydrogens is 473 g/mol. The van der Waals surface area contributed by atoms with Gasteiger partial charge in [0.2, 0.25) is 5.91 Å². The molecule has 3 aromatic carbocycles. The molecule has 0 unspecified atom stereocenters. The number of urea groups is 1. The van der Waals surface area contributed by atoms with Crippen molar-refractivity contribution in [2.45, 2.75) is 5.54 Å². The standard InChI is InChI=1S/C23H16Cl3N3O3/c24-16-11-18(26)19(12-17(16)25)27-20(30)13-29-21(31)23(28-22(29)32,14-7-3-1-4-8-14)15-9-5-2-6-10-15/h1-12H,13H2,(H,27,30)(H,28,32). The van der Waals surface area contributed by atoms with Crippen LogP contribution < -0.4 is 10.6 Å². The molecule has 0 saturated carbocycles. The molecule has 1 fully saturated rings. The van der Waals surface area contributed by atoms with Gasteiger partial charge in [-0.05, 0) is 23.3 Å². The SMILES string of the molecule is O=C(CN1C(=O)NC(c2ccccc2)(c2ccccc2)C1=O)Nc1cc(Cl)c(Cl)cc1Cl. The maximum atomic E-state index is 13.6. The van der Waals surface area contributed by atoms with Gasteiger partial charge >= 0.3 is 6.03 Å². The number of benzene rings is 3. The molecule has 1 heterocycles. The Balaban J connectivity index is 1.64. The minimum Gasteiger partial charge on any atom is -0.323 e. The molecule has 1 saturated heterocycles. The van der Waals surface area contributed by atoms with E-state index in [1.807, 2.05) is 12.1 Å². The summed E-state index contributed by atoms with van der Waals surface area (Å²) in [7, 11) is 0. The lowest BCUT2D eigenvalue weighted by molar-refractivity contribution is -0.133. The molecule has 0 radical (unpaired) electrons. The quantitative estimate of drug-likeness (QED) is 0.388. The molecule has 0 bridgehead atoms. The first-order valence-electron chi connectivity index (χ1n) is 9.52. The Kier molecular flexibility index (Phi) is 6.11. The predicted octanol–water partition coefficient (Wildman–Crippen LogP) is 5.08. The lowest BCUT2D eigenvalue weighted by atomic mass is 9.82. The molecule has 32 heavy (non-hydrogen) atoms. The van der Waals surface area contributed by atoms with Crippen molar-refractivity contribution >= 4 is 58.3 Å². The highest BCUT2D eigenvalue weighted by Crippen LogP contribution is 2.36. The van der Waals surface area contributed by atoms with Gasteiger partial charge in [-0.3, -0.25) is 14.5 Å². The molecule has 0 spiro atoms. The van der Waals surface area contributed by atoms with Gasteiger partial charge in [0.05, 0.1) is 20.8 Å². The van der Waals surface area contributed by atoms with Crippen LogP contribution in [-0.2, 0) is 15.1 Å². The van der Waals surface area contributed by atoms with Gasteiger partial charge in [0.25, 0.3) is 5.91 Å². The number of nitrogens with one attached hydrogen (secondary N) is 2. The van der Waals surface area contributed by atoms with Crippen LogP contribution in [0.1, 0.15) is 11.1 Å². The summed E-state index contributed by atoms with van der Waals surface area (Å²) in [6.45, 7) is -0.511. The van der Waals surface area contributed by atoms with Crippen LogP contribution in [0.25, 0.3) is 0 Å². The maximum Gasteiger partial charge on any atom is 0.326 e. The van der Waals surface area contributed by atoms with Crippen molar-refractivity contribution in [1.29, 1.82) is 0 Å². The van der Waals surface area contributed by atoms with Gasteiger partial charge in [-0.25, -0.2) is 4.79 Å². The number of carbonyl (C=O) groups is 3. The summed E-state index contributed by atoms with van der Waals surface area (Å²) in [6.07, 6.45) is 0. The first-order chi connectivity index (χ1) is 15.3. The van der Waals surface area contributed by atoms with Crippen LogP contribution in [0, 0.1) is 0 Å². The van der Waals surface area contributed by atoms with Crippen molar-refractivity contribution in [3.8, 4) is 0 Å². The number of amides is 4. The number of hydrogen-bond donors (Lipinski definition) is 2. The number of rotatable bonds is 5. The Hall–Kier alpha value is -3.06. The molecule has 0 aromatic heterocycles. The van der Waals surface area contributed by atoms with E-state index in [2.05, 4.69) is 10.6 Å². The maximum absolute atomic E-state index is 13.6. The summed E-state index contributed by atoms with van der Waals surface area (Å²) in [5.41, 5.74) is -0.0586. The fourth-order valence-electron chi connectivity index (χ4n) is 3.61. The molecule has 3 aromatic rings. The van der Waals surface area contributed by atoms with Gasteiger partial charge in [0.15, 0.2) is 5.54 Å². The lowest BCUT2D eigenvalue weighted by Crippen LogP contribution is -2.45. The van der Waals surface area contributed by atoms with E-state index in [0.29, 0.717) is 11.1 Å². The van der Waals surface area contributed by atoms with E-state index in [9.17, 15) is 14.4 Å². The number of hydrogen-bond acceptors (Lipinski definition) is 3. The van der Waals surface area contributed by atoms with Gasteiger partial charge in [-0.2, -0.15) is 0 Å². The van der Waals surface area contributed by atoms with Gasteiger partial charge < -0.3 is 10.6 Å². The van der Waals surface area contributed by atoms with Crippen LogP contribution in [0.3, 0.4) is 0 Å². The molecule has 1 aliphatic heterocycles. The summed E-state index contributed by atoms with van der Waals surface area (Å²) in [6, 6.07) is 19.9. The Labute approximate surface area is 199 Å². The summed E-state index contributed by atoms with van der Waals surface area (Å²) in [5, 5.41) is 5.97. The molecule has 4 rings (SSSR count). The minimum absolute atomic E-state index is 0.174. The summed E-state index contributed by atoms with van der Waals surface area (Å²) in [5.74, 6) is -1.18. The first-order valence-corrected chi connectivity index (χ1v) is 10.7. The Morgan fingerprint density at radius 2 is 1.38 bits per heavy atom. The van der Waals surface area contributed by atoms with E-state index in [4.69, 9.17) is 34.8 Å². The van der Waals surface area contributed by atoms with E-state index in [-0.39, 0.29) is 20.8 Å². The zero-order valence-electron chi connectivity index (χ0n) is 16.4. The van der Waals surface area contributed by atoms with E-state index in [1.54, 1.807) is 48.5 Å². The van der Waals surface area contributed by atoms with Gasteiger partial charge in [-0.1, -0.05) is 95.5 Å². The van der Waals surface area contributed by atoms with Crippen LogP contribution in [0.15, 0.2) is 72.8 Å². The third kappa shape index (κ3) is 3.93. The average Bonchev–Trinajstić information content (AvgIpc) is 3.04. The average molecular weight is 489 g/mol. The Bertz CT molecular complexity index is 1160. The van der Waals surface area contributed by atoms with Crippen molar-refractivity contribution in [3.63, 3.8) is 0 Å². The van der Waals surface area contributed by atoms with Crippen LogP contribution in [0.2, 0.25) is 15.1 Å². The Morgan fingerprint density at radius 3 is 1.94 bits per heavy atom. The van der Waals surface area contributed by atoms with E-state index in [0.717, 1.165) is 4.90 Å². The molecule has 0 atom stereocenters. The van der Waals surface area contributed by atoms with Crippen molar-refractivity contribution in [2.75, 3.05) is 11.9 Å². The first kappa shape index (κ1) is 22.1. The Morgan fingerprint density at radius 1 is 0.844 bits per heavy atom. The smallest absolute Gasteiger partial charge is 0.323 e. The van der Waals surface area contributed by atoms with E-state index < -0.39 is 29.9 Å². The molecule has 4 amide bonds. The lowest BCUT2D eigenvalue weighted by Gasteiger charge is -2.28. The topological polar surface area (TPSA) is 78.5 Å². The molecule has 162 valence electrons. The van der Waals surface area contributed by atoms with Crippen LogP contribution in [0.4, 0.5) is 10.5 Å². The number of carbonyl (C=O) groups excluding carboxylic acids is 3. The van der Waals surface area contributed by atoms with Crippen LogP contribution >= 0.6 is 34.8 Å². The molecule has 1 aliphatic rings. The third-order valence-electron chi connectivity index (χ3n) is 5.10. The molecule has 0 aliphatic carbocycles. The van der Waals surface area contributed by atoms with Crippen LogP contribution in [-0.4, -0.2) is 29.3 Å². The molecular formula is C23H16Cl3N3O3. The minimum atomic E-state index is -1.44. The van der Waals surface area contributed by atoms with Gasteiger partial charge in [0.1, 0.15) is 6.54 Å². The largest absolute Gasteiger partial charge is 0.326 e. The third-order valence-corrected chi connectivity index (χ3v) is 6.14. The fraction of sp³-hybridized carbons (Fsp3) is 0.0870. The zero-order chi connectivity index (χ0) is 22.9. The second-order valence-corrected chi connectivity index (χ2v) is 8.32. The highest BCUT2D eigenvalue weighted by Gasteiger charge is 2.54. The summed E-state index contributed by atoms with van der Waals surface area (Å²) >= 11 is 18.0. The zero-order valence-corrected chi connectivity index (χ0v) is 18.7. The highest BCUT2D eigenvalue weighted by atomic mass is 35.5. The van der Waals surface area contributed by atoms with Gasteiger partial charge in [0, 0.05) is 0 Å². The second kappa shape index (κ2) is 8.82. The van der Waals surface area contributed by atoms with Gasteiger partial charge in [-0.15, -0.1) is 0 Å². The van der Waals surface area contributed by atoms with Crippen molar-refractivity contribution in [1.82, 2.24) is 10.2 Å². The fourth-order valence-corrected chi connectivity index (χ4v) is 4.20. The number of anilines is 1. The number of imide groups is 1. The summed E-state index contributed by atoms with van der Waals surface area (Å²) in [4.78, 5) is 40.0. The second-order valence-electron chi connectivity index (χ2n) is 7.10. The van der Waals surface area contributed by atoms with Crippen molar-refractivity contribution < 1.29 is 14.4 Å². The summed E-state index contributed by atoms with van der Waals surface area (Å²) < 4.78 is 0. The van der Waals surface area contributed by atoms with Crippen molar-refractivity contribution in [2.24, 2.45) is 0 Å². The predicted molar refractivity (Wildman–Crippen MR) is 124 cm³/mol.